The minimum absolute atomic E-state index is 0.113. The Kier molecular flexibility index (Phi) is 5.03. The number of hydrogen-bond donors (Lipinski definition) is 2. The average Bonchev–Trinajstić information content (AvgIpc) is 2.63. The van der Waals surface area contributed by atoms with Crippen LogP contribution >= 0.6 is 0 Å². The maximum atomic E-state index is 12.5. The van der Waals surface area contributed by atoms with Crippen molar-refractivity contribution in [2.75, 3.05) is 18.5 Å². The summed E-state index contributed by atoms with van der Waals surface area (Å²) in [4.78, 5) is 24.4. The van der Waals surface area contributed by atoms with Crippen molar-refractivity contribution in [1.29, 1.82) is 0 Å². The number of hydrogen-bond acceptors (Lipinski definition) is 3. The van der Waals surface area contributed by atoms with E-state index in [1.807, 2.05) is 26.0 Å². The van der Waals surface area contributed by atoms with E-state index in [0.717, 1.165) is 36.3 Å². The van der Waals surface area contributed by atoms with E-state index < -0.39 is 0 Å². The molecule has 1 aliphatic rings. The molecular formula is C20H22N2O3. The lowest BCUT2D eigenvalue weighted by Crippen LogP contribution is -2.22. The summed E-state index contributed by atoms with van der Waals surface area (Å²) in [5, 5.41) is 5.69. The van der Waals surface area contributed by atoms with Crippen LogP contribution in [0.2, 0.25) is 0 Å². The molecule has 130 valence electrons. The van der Waals surface area contributed by atoms with Gasteiger partial charge < -0.3 is 15.4 Å². The average molecular weight is 338 g/mol. The van der Waals surface area contributed by atoms with Crippen molar-refractivity contribution >= 4 is 17.5 Å². The standard InChI is InChI=1S/C20H22N2O3/c1-3-21-19(23)15-6-8-17(13(2)11-15)22-20(24)16-7-9-18-14(12-16)5-4-10-25-18/h6-9,11-12H,3-5,10H2,1-2H3,(H,21,23)(H,22,24). The zero-order valence-corrected chi connectivity index (χ0v) is 14.5. The van der Waals surface area contributed by atoms with Gasteiger partial charge in [0.1, 0.15) is 5.75 Å². The second kappa shape index (κ2) is 7.38. The van der Waals surface area contributed by atoms with Gasteiger partial charge in [-0.1, -0.05) is 0 Å². The SMILES string of the molecule is CCNC(=O)c1ccc(NC(=O)c2ccc3c(c2)CCCO3)c(C)c1. The number of rotatable bonds is 4. The van der Waals surface area contributed by atoms with Crippen molar-refractivity contribution < 1.29 is 14.3 Å². The van der Waals surface area contributed by atoms with E-state index in [1.165, 1.54) is 0 Å². The van der Waals surface area contributed by atoms with E-state index in [-0.39, 0.29) is 11.8 Å². The molecule has 0 atom stereocenters. The third-order valence-corrected chi connectivity index (χ3v) is 4.24. The van der Waals surface area contributed by atoms with E-state index in [1.54, 1.807) is 24.3 Å². The summed E-state index contributed by atoms with van der Waals surface area (Å²) in [7, 11) is 0. The van der Waals surface area contributed by atoms with Crippen molar-refractivity contribution in [3.05, 3.63) is 58.7 Å². The molecule has 0 aromatic heterocycles. The van der Waals surface area contributed by atoms with Gasteiger partial charge in [0.25, 0.3) is 11.8 Å². The Balaban J connectivity index is 1.75. The van der Waals surface area contributed by atoms with Crippen LogP contribution in [0.1, 0.15) is 45.2 Å². The zero-order valence-electron chi connectivity index (χ0n) is 14.5. The fourth-order valence-electron chi connectivity index (χ4n) is 2.90. The molecule has 0 spiro atoms. The molecule has 3 rings (SSSR count). The van der Waals surface area contributed by atoms with Crippen molar-refractivity contribution in [1.82, 2.24) is 5.32 Å². The highest BCUT2D eigenvalue weighted by molar-refractivity contribution is 6.05. The smallest absolute Gasteiger partial charge is 0.255 e. The molecule has 2 aromatic rings. The van der Waals surface area contributed by atoms with Gasteiger partial charge in [0.2, 0.25) is 0 Å². The number of carbonyl (C=O) groups is 2. The van der Waals surface area contributed by atoms with E-state index >= 15 is 0 Å². The molecule has 25 heavy (non-hydrogen) atoms. The van der Waals surface area contributed by atoms with Gasteiger partial charge in [0.15, 0.2) is 0 Å². The number of nitrogens with one attached hydrogen (secondary N) is 2. The zero-order chi connectivity index (χ0) is 17.8. The first-order chi connectivity index (χ1) is 12.1. The van der Waals surface area contributed by atoms with Crippen LogP contribution in [-0.4, -0.2) is 25.0 Å². The van der Waals surface area contributed by atoms with E-state index in [9.17, 15) is 9.59 Å². The Hall–Kier alpha value is -2.82. The van der Waals surface area contributed by atoms with E-state index in [0.29, 0.717) is 23.4 Å². The van der Waals surface area contributed by atoms with E-state index in [2.05, 4.69) is 10.6 Å². The molecule has 2 amide bonds. The summed E-state index contributed by atoms with van der Waals surface area (Å²) in [6.45, 7) is 5.07. The van der Waals surface area contributed by atoms with Crippen LogP contribution < -0.4 is 15.4 Å². The molecule has 0 radical (unpaired) electrons. The van der Waals surface area contributed by atoms with Gasteiger partial charge in [-0.3, -0.25) is 9.59 Å². The summed E-state index contributed by atoms with van der Waals surface area (Å²) in [5.41, 5.74) is 3.81. The highest BCUT2D eigenvalue weighted by Crippen LogP contribution is 2.26. The van der Waals surface area contributed by atoms with Gasteiger partial charge in [-0.05, 0) is 74.2 Å². The van der Waals surface area contributed by atoms with Crippen LogP contribution in [0.15, 0.2) is 36.4 Å². The maximum absolute atomic E-state index is 12.5. The van der Waals surface area contributed by atoms with Crippen LogP contribution in [0.25, 0.3) is 0 Å². The molecule has 0 bridgehead atoms. The summed E-state index contributed by atoms with van der Waals surface area (Å²) in [6.07, 6.45) is 1.90. The number of aryl methyl sites for hydroxylation is 2. The predicted molar refractivity (Wildman–Crippen MR) is 97.4 cm³/mol. The Labute approximate surface area is 147 Å². The van der Waals surface area contributed by atoms with Crippen LogP contribution in [-0.2, 0) is 6.42 Å². The highest BCUT2D eigenvalue weighted by Gasteiger charge is 2.15. The largest absolute Gasteiger partial charge is 0.493 e. The first-order valence-electron chi connectivity index (χ1n) is 8.54. The molecule has 2 aromatic carbocycles. The van der Waals surface area contributed by atoms with Gasteiger partial charge in [0.05, 0.1) is 6.61 Å². The Morgan fingerprint density at radius 3 is 2.60 bits per heavy atom. The normalized spacial score (nSPS) is 12.7. The lowest BCUT2D eigenvalue weighted by molar-refractivity contribution is 0.0955. The lowest BCUT2D eigenvalue weighted by Gasteiger charge is -2.18. The third kappa shape index (κ3) is 3.82. The Bertz CT molecular complexity index is 815. The van der Waals surface area contributed by atoms with Crippen LogP contribution in [0.3, 0.4) is 0 Å². The molecule has 0 unspecified atom stereocenters. The number of benzene rings is 2. The second-order valence-corrected chi connectivity index (χ2v) is 6.12. The molecule has 2 N–H and O–H groups in total. The van der Waals surface area contributed by atoms with Gasteiger partial charge in [0, 0.05) is 23.4 Å². The van der Waals surface area contributed by atoms with Crippen LogP contribution in [0, 0.1) is 6.92 Å². The van der Waals surface area contributed by atoms with Gasteiger partial charge in [-0.2, -0.15) is 0 Å². The lowest BCUT2D eigenvalue weighted by atomic mass is 10.0. The Morgan fingerprint density at radius 1 is 1.08 bits per heavy atom. The monoisotopic (exact) mass is 338 g/mol. The van der Waals surface area contributed by atoms with Crippen molar-refractivity contribution in [3.63, 3.8) is 0 Å². The Morgan fingerprint density at radius 2 is 1.84 bits per heavy atom. The highest BCUT2D eigenvalue weighted by atomic mass is 16.5. The van der Waals surface area contributed by atoms with Crippen LogP contribution in [0.4, 0.5) is 5.69 Å². The van der Waals surface area contributed by atoms with Crippen molar-refractivity contribution in [3.8, 4) is 5.75 Å². The molecule has 5 heteroatoms. The fourth-order valence-corrected chi connectivity index (χ4v) is 2.90. The maximum Gasteiger partial charge on any atom is 0.255 e. The number of carbonyl (C=O) groups excluding carboxylic acids is 2. The fraction of sp³-hybridized carbons (Fsp3) is 0.300. The molecule has 1 heterocycles. The topological polar surface area (TPSA) is 67.4 Å². The number of ether oxygens (including phenoxy) is 1. The van der Waals surface area contributed by atoms with Gasteiger partial charge in [-0.15, -0.1) is 0 Å². The molecule has 0 aliphatic carbocycles. The molecular weight excluding hydrogens is 316 g/mol. The first-order valence-corrected chi connectivity index (χ1v) is 8.54. The summed E-state index contributed by atoms with van der Waals surface area (Å²) >= 11 is 0. The molecule has 0 fully saturated rings. The summed E-state index contributed by atoms with van der Waals surface area (Å²) < 4.78 is 5.58. The third-order valence-electron chi connectivity index (χ3n) is 4.24. The first kappa shape index (κ1) is 17.0. The van der Waals surface area contributed by atoms with Crippen LogP contribution in [0.5, 0.6) is 5.75 Å². The van der Waals surface area contributed by atoms with Crippen molar-refractivity contribution in [2.24, 2.45) is 0 Å². The quantitative estimate of drug-likeness (QED) is 0.898. The molecule has 0 saturated carbocycles. The minimum atomic E-state index is -0.165. The minimum Gasteiger partial charge on any atom is -0.493 e. The summed E-state index contributed by atoms with van der Waals surface area (Å²) in [6, 6.07) is 10.8. The van der Waals surface area contributed by atoms with Crippen molar-refractivity contribution in [2.45, 2.75) is 26.7 Å². The second-order valence-electron chi connectivity index (χ2n) is 6.12. The number of amides is 2. The van der Waals surface area contributed by atoms with Gasteiger partial charge >= 0.3 is 0 Å². The predicted octanol–water partition coefficient (Wildman–Crippen LogP) is 3.32. The summed E-state index contributed by atoms with van der Waals surface area (Å²) in [5.74, 6) is 0.589. The molecule has 5 nitrogen and oxygen atoms in total. The molecule has 0 saturated heterocycles. The number of anilines is 1. The van der Waals surface area contributed by atoms with Gasteiger partial charge in [-0.25, -0.2) is 0 Å². The number of fused-ring (bicyclic) bond motifs is 1. The molecule has 1 aliphatic heterocycles. The van der Waals surface area contributed by atoms with E-state index in [4.69, 9.17) is 4.74 Å².